The normalized spacial score (nSPS) is 14.1. The Morgan fingerprint density at radius 3 is 2.42 bits per heavy atom. The number of hydrogen-bond acceptors (Lipinski definition) is 3. The highest BCUT2D eigenvalue weighted by Gasteiger charge is 2.15. The molecule has 0 radical (unpaired) electrons. The van der Waals surface area contributed by atoms with Crippen LogP contribution in [-0.2, 0) is 4.74 Å². The van der Waals surface area contributed by atoms with Crippen molar-refractivity contribution in [3.05, 3.63) is 24.3 Å². The van der Waals surface area contributed by atoms with Gasteiger partial charge in [0.25, 0.3) is 0 Å². The van der Waals surface area contributed by atoms with E-state index in [2.05, 4.69) is 6.92 Å². The van der Waals surface area contributed by atoms with Gasteiger partial charge in [-0.25, -0.2) is 4.39 Å². The summed E-state index contributed by atoms with van der Waals surface area (Å²) in [5, 5.41) is 9.17. The van der Waals surface area contributed by atoms with E-state index >= 15 is 0 Å². The van der Waals surface area contributed by atoms with Gasteiger partial charge >= 0.3 is 0 Å². The van der Waals surface area contributed by atoms with E-state index in [0.29, 0.717) is 18.6 Å². The van der Waals surface area contributed by atoms with E-state index in [1.807, 2.05) is 6.92 Å². The number of phenols is 1. The average molecular weight is 270 g/mol. The molecule has 0 heterocycles. The van der Waals surface area contributed by atoms with Gasteiger partial charge in [0.15, 0.2) is 0 Å². The van der Waals surface area contributed by atoms with Gasteiger partial charge in [-0.1, -0.05) is 26.7 Å². The standard InChI is InChI=1S/C15H23FO3/c1-3-5-6-7-14(16)19-15(4-2)18-13-10-8-12(17)9-11-13/h8-11,14-15,17H,3-7H2,1-2H3. The number of alkyl halides is 1. The molecule has 0 aliphatic heterocycles. The molecule has 0 amide bonds. The van der Waals surface area contributed by atoms with E-state index in [1.165, 1.54) is 12.1 Å². The number of hydrogen-bond donors (Lipinski definition) is 1. The Morgan fingerprint density at radius 1 is 1.16 bits per heavy atom. The summed E-state index contributed by atoms with van der Waals surface area (Å²) >= 11 is 0. The summed E-state index contributed by atoms with van der Waals surface area (Å²) in [6, 6.07) is 6.31. The summed E-state index contributed by atoms with van der Waals surface area (Å²) in [6.45, 7) is 3.96. The summed E-state index contributed by atoms with van der Waals surface area (Å²) in [5.41, 5.74) is 0. The molecule has 1 rings (SSSR count). The van der Waals surface area contributed by atoms with Gasteiger partial charge in [-0.2, -0.15) is 0 Å². The monoisotopic (exact) mass is 270 g/mol. The lowest BCUT2D eigenvalue weighted by Gasteiger charge is -2.20. The predicted molar refractivity (Wildman–Crippen MR) is 72.9 cm³/mol. The molecule has 0 aliphatic carbocycles. The van der Waals surface area contributed by atoms with Crippen LogP contribution >= 0.6 is 0 Å². The van der Waals surface area contributed by atoms with Crippen molar-refractivity contribution in [1.29, 1.82) is 0 Å². The van der Waals surface area contributed by atoms with Crippen molar-refractivity contribution in [1.82, 2.24) is 0 Å². The Morgan fingerprint density at radius 2 is 1.84 bits per heavy atom. The van der Waals surface area contributed by atoms with Crippen LogP contribution in [0.25, 0.3) is 0 Å². The molecule has 2 atom stereocenters. The zero-order valence-corrected chi connectivity index (χ0v) is 11.6. The molecular weight excluding hydrogens is 247 g/mol. The van der Waals surface area contributed by atoms with Crippen molar-refractivity contribution in [3.63, 3.8) is 0 Å². The van der Waals surface area contributed by atoms with E-state index in [-0.39, 0.29) is 5.75 Å². The molecule has 0 saturated carbocycles. The molecule has 0 bridgehead atoms. The lowest BCUT2D eigenvalue weighted by atomic mass is 10.2. The first-order valence-electron chi connectivity index (χ1n) is 6.91. The van der Waals surface area contributed by atoms with Crippen molar-refractivity contribution in [2.24, 2.45) is 0 Å². The zero-order valence-electron chi connectivity index (χ0n) is 11.6. The molecule has 4 heteroatoms. The number of halogens is 1. The van der Waals surface area contributed by atoms with E-state index in [4.69, 9.17) is 14.6 Å². The number of ether oxygens (including phenoxy) is 2. The summed E-state index contributed by atoms with van der Waals surface area (Å²) in [7, 11) is 0. The van der Waals surface area contributed by atoms with Crippen LogP contribution in [0.2, 0.25) is 0 Å². The first-order valence-corrected chi connectivity index (χ1v) is 6.91. The third kappa shape index (κ3) is 6.43. The molecule has 0 aromatic heterocycles. The SMILES string of the molecule is CCCCCC(F)OC(CC)Oc1ccc(O)cc1. The van der Waals surface area contributed by atoms with Crippen LogP contribution in [0.1, 0.15) is 46.0 Å². The highest BCUT2D eigenvalue weighted by molar-refractivity contribution is 5.30. The Labute approximate surface area is 114 Å². The van der Waals surface area contributed by atoms with E-state index in [0.717, 1.165) is 19.3 Å². The molecule has 0 fully saturated rings. The largest absolute Gasteiger partial charge is 0.508 e. The van der Waals surface area contributed by atoms with Crippen molar-refractivity contribution in [3.8, 4) is 11.5 Å². The van der Waals surface area contributed by atoms with Crippen LogP contribution in [0.3, 0.4) is 0 Å². The van der Waals surface area contributed by atoms with Crippen LogP contribution in [0, 0.1) is 0 Å². The quantitative estimate of drug-likeness (QED) is 0.534. The lowest BCUT2D eigenvalue weighted by Crippen LogP contribution is -2.24. The predicted octanol–water partition coefficient (Wildman–Crippen LogP) is 4.40. The molecule has 2 unspecified atom stereocenters. The van der Waals surface area contributed by atoms with Crippen LogP contribution in [0.4, 0.5) is 4.39 Å². The molecule has 0 aliphatic rings. The summed E-state index contributed by atoms with van der Waals surface area (Å²) < 4.78 is 24.3. The van der Waals surface area contributed by atoms with Gasteiger partial charge in [-0.15, -0.1) is 0 Å². The van der Waals surface area contributed by atoms with Gasteiger partial charge in [0.2, 0.25) is 12.6 Å². The van der Waals surface area contributed by atoms with Gasteiger partial charge in [0.05, 0.1) is 0 Å². The van der Waals surface area contributed by atoms with Crippen molar-refractivity contribution in [2.45, 2.75) is 58.6 Å². The van der Waals surface area contributed by atoms with Gasteiger partial charge in [0.1, 0.15) is 11.5 Å². The van der Waals surface area contributed by atoms with Crippen LogP contribution in [0.5, 0.6) is 11.5 Å². The Hall–Kier alpha value is -1.29. The lowest BCUT2D eigenvalue weighted by molar-refractivity contribution is -0.167. The van der Waals surface area contributed by atoms with Crippen LogP contribution in [0.15, 0.2) is 24.3 Å². The number of aromatic hydroxyl groups is 1. The molecule has 0 spiro atoms. The Bertz CT molecular complexity index is 340. The number of phenolic OH excluding ortho intramolecular Hbond substituents is 1. The van der Waals surface area contributed by atoms with Crippen LogP contribution < -0.4 is 4.74 Å². The number of benzene rings is 1. The van der Waals surface area contributed by atoms with E-state index in [1.54, 1.807) is 12.1 Å². The molecule has 3 nitrogen and oxygen atoms in total. The number of unbranched alkanes of at least 4 members (excludes halogenated alkanes) is 2. The summed E-state index contributed by atoms with van der Waals surface area (Å²) in [5.74, 6) is 0.731. The third-order valence-corrected chi connectivity index (χ3v) is 2.77. The molecule has 0 saturated heterocycles. The minimum Gasteiger partial charge on any atom is -0.508 e. The minimum atomic E-state index is -1.28. The molecule has 1 aromatic carbocycles. The Balaban J connectivity index is 2.38. The van der Waals surface area contributed by atoms with Crippen molar-refractivity contribution in [2.75, 3.05) is 0 Å². The Kier molecular flexibility index (Phi) is 7.26. The fraction of sp³-hybridized carbons (Fsp3) is 0.600. The van der Waals surface area contributed by atoms with Gasteiger partial charge in [-0.05, 0) is 30.7 Å². The first-order chi connectivity index (χ1) is 9.15. The number of rotatable bonds is 9. The van der Waals surface area contributed by atoms with Gasteiger partial charge in [0, 0.05) is 12.8 Å². The third-order valence-electron chi connectivity index (χ3n) is 2.77. The smallest absolute Gasteiger partial charge is 0.202 e. The fourth-order valence-corrected chi connectivity index (χ4v) is 1.67. The highest BCUT2D eigenvalue weighted by Crippen LogP contribution is 2.20. The highest BCUT2D eigenvalue weighted by atomic mass is 19.1. The topological polar surface area (TPSA) is 38.7 Å². The maximum absolute atomic E-state index is 13.6. The first kappa shape index (κ1) is 15.8. The summed E-state index contributed by atoms with van der Waals surface area (Å²) in [4.78, 5) is 0. The zero-order chi connectivity index (χ0) is 14.1. The molecule has 108 valence electrons. The van der Waals surface area contributed by atoms with Gasteiger partial charge in [-0.3, -0.25) is 0 Å². The maximum Gasteiger partial charge on any atom is 0.202 e. The second-order valence-electron chi connectivity index (χ2n) is 4.49. The van der Waals surface area contributed by atoms with E-state index in [9.17, 15) is 4.39 Å². The maximum atomic E-state index is 13.6. The molecule has 19 heavy (non-hydrogen) atoms. The molecule has 1 aromatic rings. The van der Waals surface area contributed by atoms with Crippen molar-refractivity contribution < 1.29 is 19.0 Å². The average Bonchev–Trinajstić information content (AvgIpc) is 2.41. The second kappa shape index (κ2) is 8.75. The van der Waals surface area contributed by atoms with Gasteiger partial charge < -0.3 is 14.6 Å². The molecule has 1 N–H and O–H groups in total. The second-order valence-corrected chi connectivity index (χ2v) is 4.49. The summed E-state index contributed by atoms with van der Waals surface area (Å²) in [6.07, 6.45) is 1.99. The molecular formula is C15H23FO3. The van der Waals surface area contributed by atoms with Crippen LogP contribution in [-0.4, -0.2) is 17.8 Å². The fourth-order valence-electron chi connectivity index (χ4n) is 1.67. The van der Waals surface area contributed by atoms with E-state index < -0.39 is 12.6 Å². The minimum absolute atomic E-state index is 0.171. The van der Waals surface area contributed by atoms with Crippen molar-refractivity contribution >= 4 is 0 Å².